The van der Waals surface area contributed by atoms with Crippen molar-refractivity contribution >= 4 is 22.4 Å². The Morgan fingerprint density at radius 1 is 1.19 bits per heavy atom. The minimum absolute atomic E-state index is 0.587. The van der Waals surface area contributed by atoms with Gasteiger partial charge in [0.2, 0.25) is 0 Å². The van der Waals surface area contributed by atoms with Crippen LogP contribution in [0.3, 0.4) is 0 Å². The van der Waals surface area contributed by atoms with Gasteiger partial charge in [-0.1, -0.05) is 13.3 Å². The summed E-state index contributed by atoms with van der Waals surface area (Å²) in [6.45, 7) is 2.30. The van der Waals surface area contributed by atoms with E-state index < -0.39 is 0 Å². The van der Waals surface area contributed by atoms with Crippen LogP contribution in [-0.2, 0) is 0 Å². The van der Waals surface area contributed by atoms with E-state index in [-0.39, 0.29) is 0 Å². The van der Waals surface area contributed by atoms with Gasteiger partial charge < -0.3 is 10.6 Å². The molecule has 21 heavy (non-hydrogen) atoms. The molecule has 0 aliphatic heterocycles. The number of nitrogen functional groups attached to an aromatic ring is 1. The summed E-state index contributed by atoms with van der Waals surface area (Å²) in [6.07, 6.45) is 8.14. The van der Waals surface area contributed by atoms with E-state index in [0.29, 0.717) is 6.04 Å². The van der Waals surface area contributed by atoms with E-state index in [9.17, 15) is 0 Å². The van der Waals surface area contributed by atoms with Gasteiger partial charge in [-0.15, -0.1) is 0 Å². The molecule has 0 atom stereocenters. The molecule has 3 rings (SSSR count). The quantitative estimate of drug-likeness (QED) is 0.875. The van der Waals surface area contributed by atoms with Gasteiger partial charge in [0.25, 0.3) is 0 Å². The van der Waals surface area contributed by atoms with E-state index in [1.807, 2.05) is 18.2 Å². The predicted molar refractivity (Wildman–Crippen MR) is 88.4 cm³/mol. The molecular formula is C17H24N4. The lowest BCUT2D eigenvalue weighted by Crippen LogP contribution is -2.35. The number of fused-ring (bicyclic) bond motifs is 1. The molecule has 0 bridgehead atoms. The van der Waals surface area contributed by atoms with Crippen LogP contribution in [0.25, 0.3) is 10.9 Å². The number of aromatic nitrogens is 2. The molecule has 0 unspecified atom stereocenters. The number of nitrogens with two attached hydrogens (primary N) is 1. The van der Waals surface area contributed by atoms with Crippen LogP contribution in [0, 0.1) is 5.92 Å². The van der Waals surface area contributed by atoms with E-state index in [1.165, 1.54) is 32.1 Å². The zero-order chi connectivity index (χ0) is 14.8. The number of rotatable bonds is 3. The topological polar surface area (TPSA) is 55.0 Å². The minimum atomic E-state index is 0.587. The Kier molecular flexibility index (Phi) is 3.95. The lowest BCUT2D eigenvalue weighted by molar-refractivity contribution is 0.313. The van der Waals surface area contributed by atoms with Crippen molar-refractivity contribution in [2.24, 2.45) is 5.92 Å². The number of benzene rings is 1. The molecule has 4 heteroatoms. The van der Waals surface area contributed by atoms with Crippen LogP contribution in [0.2, 0.25) is 0 Å². The fourth-order valence-corrected chi connectivity index (χ4v) is 3.45. The second-order valence-corrected chi connectivity index (χ2v) is 6.17. The van der Waals surface area contributed by atoms with Crippen molar-refractivity contribution in [3.05, 3.63) is 24.5 Å². The predicted octanol–water partition coefficient (Wildman–Crippen LogP) is 3.62. The highest BCUT2D eigenvalue weighted by atomic mass is 15.2. The van der Waals surface area contributed by atoms with Gasteiger partial charge in [0.15, 0.2) is 0 Å². The molecule has 1 fully saturated rings. The molecule has 1 aromatic heterocycles. The first-order valence-electron chi connectivity index (χ1n) is 7.92. The van der Waals surface area contributed by atoms with Crippen molar-refractivity contribution < 1.29 is 0 Å². The van der Waals surface area contributed by atoms with Crippen molar-refractivity contribution in [1.29, 1.82) is 0 Å². The molecule has 0 saturated heterocycles. The molecule has 0 amide bonds. The molecule has 1 aliphatic rings. The minimum Gasteiger partial charge on any atom is -0.399 e. The van der Waals surface area contributed by atoms with Gasteiger partial charge in [0.05, 0.1) is 5.52 Å². The average molecular weight is 284 g/mol. The smallest absolute Gasteiger partial charge is 0.139 e. The van der Waals surface area contributed by atoms with Crippen molar-refractivity contribution in [2.45, 2.75) is 45.1 Å². The summed E-state index contributed by atoms with van der Waals surface area (Å²) in [5.74, 6) is 1.94. The summed E-state index contributed by atoms with van der Waals surface area (Å²) in [7, 11) is 2.16. The number of hydrogen-bond acceptors (Lipinski definition) is 4. The summed E-state index contributed by atoms with van der Waals surface area (Å²) < 4.78 is 0. The summed E-state index contributed by atoms with van der Waals surface area (Å²) in [5.41, 5.74) is 7.52. The summed E-state index contributed by atoms with van der Waals surface area (Å²) >= 11 is 0. The van der Waals surface area contributed by atoms with Crippen LogP contribution >= 0.6 is 0 Å². The lowest BCUT2D eigenvalue weighted by Gasteiger charge is -2.35. The van der Waals surface area contributed by atoms with Crippen molar-refractivity contribution in [1.82, 2.24) is 9.97 Å². The third kappa shape index (κ3) is 2.80. The van der Waals surface area contributed by atoms with Crippen molar-refractivity contribution in [2.75, 3.05) is 17.7 Å². The highest BCUT2D eigenvalue weighted by Gasteiger charge is 2.24. The number of hydrogen-bond donors (Lipinski definition) is 1. The van der Waals surface area contributed by atoms with Gasteiger partial charge in [-0.05, 0) is 49.8 Å². The monoisotopic (exact) mass is 284 g/mol. The molecule has 1 saturated carbocycles. The van der Waals surface area contributed by atoms with E-state index in [0.717, 1.165) is 28.3 Å². The van der Waals surface area contributed by atoms with Crippen LogP contribution in [0.1, 0.15) is 39.0 Å². The van der Waals surface area contributed by atoms with Crippen molar-refractivity contribution in [3.8, 4) is 0 Å². The standard InChI is InChI=1S/C17H24N4/c1-3-12-4-7-14(8-5-12)21(2)17-15-9-6-13(18)10-16(15)19-11-20-17/h6,9-12,14H,3-5,7-8,18H2,1-2H3. The van der Waals surface area contributed by atoms with E-state index in [2.05, 4.69) is 28.8 Å². The van der Waals surface area contributed by atoms with E-state index in [4.69, 9.17) is 5.73 Å². The first-order valence-corrected chi connectivity index (χ1v) is 7.92. The Morgan fingerprint density at radius 3 is 2.67 bits per heavy atom. The molecule has 2 aromatic rings. The van der Waals surface area contributed by atoms with Gasteiger partial charge in [0, 0.05) is 24.2 Å². The van der Waals surface area contributed by atoms with Gasteiger partial charge in [-0.25, -0.2) is 9.97 Å². The normalized spacial score (nSPS) is 22.4. The second kappa shape index (κ2) is 5.88. The Hall–Kier alpha value is -1.84. The lowest BCUT2D eigenvalue weighted by atomic mass is 9.84. The summed E-state index contributed by atoms with van der Waals surface area (Å²) in [4.78, 5) is 11.2. The van der Waals surface area contributed by atoms with Crippen LogP contribution in [0.4, 0.5) is 11.5 Å². The zero-order valence-electron chi connectivity index (χ0n) is 12.9. The molecule has 0 radical (unpaired) electrons. The van der Waals surface area contributed by atoms with Crippen LogP contribution in [0.15, 0.2) is 24.5 Å². The average Bonchev–Trinajstić information content (AvgIpc) is 2.53. The largest absolute Gasteiger partial charge is 0.399 e. The van der Waals surface area contributed by atoms with E-state index in [1.54, 1.807) is 6.33 Å². The molecule has 0 spiro atoms. The highest BCUT2D eigenvalue weighted by molar-refractivity contribution is 5.91. The Balaban J connectivity index is 1.86. The molecule has 1 aromatic carbocycles. The molecule has 112 valence electrons. The van der Waals surface area contributed by atoms with Crippen LogP contribution in [0.5, 0.6) is 0 Å². The Labute approximate surface area is 126 Å². The fraction of sp³-hybridized carbons (Fsp3) is 0.529. The molecule has 1 aliphatic carbocycles. The van der Waals surface area contributed by atoms with Gasteiger partial charge in [0.1, 0.15) is 12.1 Å². The first kappa shape index (κ1) is 14.1. The maximum absolute atomic E-state index is 5.85. The van der Waals surface area contributed by atoms with Crippen LogP contribution in [-0.4, -0.2) is 23.1 Å². The SMILES string of the molecule is CCC1CCC(N(C)c2ncnc3cc(N)ccc23)CC1. The zero-order valence-corrected chi connectivity index (χ0v) is 12.9. The first-order chi connectivity index (χ1) is 10.2. The molecule has 1 heterocycles. The van der Waals surface area contributed by atoms with Gasteiger partial charge in [-0.3, -0.25) is 0 Å². The van der Waals surface area contributed by atoms with Gasteiger partial charge >= 0.3 is 0 Å². The Bertz CT molecular complexity index is 617. The maximum Gasteiger partial charge on any atom is 0.139 e. The molecular weight excluding hydrogens is 260 g/mol. The van der Waals surface area contributed by atoms with E-state index >= 15 is 0 Å². The second-order valence-electron chi connectivity index (χ2n) is 6.17. The maximum atomic E-state index is 5.85. The number of nitrogens with zero attached hydrogens (tertiary/aromatic N) is 3. The van der Waals surface area contributed by atoms with Crippen LogP contribution < -0.4 is 10.6 Å². The molecule has 4 nitrogen and oxygen atoms in total. The van der Waals surface area contributed by atoms with Gasteiger partial charge in [-0.2, -0.15) is 0 Å². The third-order valence-corrected chi connectivity index (χ3v) is 4.91. The third-order valence-electron chi connectivity index (χ3n) is 4.91. The fourth-order valence-electron chi connectivity index (χ4n) is 3.45. The summed E-state index contributed by atoms with van der Waals surface area (Å²) in [5, 5.41) is 1.09. The van der Waals surface area contributed by atoms with Crippen molar-refractivity contribution in [3.63, 3.8) is 0 Å². The summed E-state index contributed by atoms with van der Waals surface area (Å²) in [6, 6.07) is 6.47. The highest BCUT2D eigenvalue weighted by Crippen LogP contribution is 2.32. The Morgan fingerprint density at radius 2 is 1.95 bits per heavy atom. The number of anilines is 2. The molecule has 2 N–H and O–H groups in total.